The van der Waals surface area contributed by atoms with Crippen molar-refractivity contribution in [3.63, 3.8) is 0 Å². The number of rotatable bonds is 6. The lowest BCUT2D eigenvalue weighted by Gasteiger charge is -2.17. The van der Waals surface area contributed by atoms with E-state index in [4.69, 9.17) is 4.74 Å². The van der Waals surface area contributed by atoms with Gasteiger partial charge < -0.3 is 14.6 Å². The summed E-state index contributed by atoms with van der Waals surface area (Å²) < 4.78 is 7.41. The maximum Gasteiger partial charge on any atom is 0.203 e. The summed E-state index contributed by atoms with van der Waals surface area (Å²) in [6.45, 7) is 5.96. The Bertz CT molecular complexity index is 369. The Labute approximate surface area is 110 Å². The second-order valence-corrected chi connectivity index (χ2v) is 5.45. The Kier molecular flexibility index (Phi) is 4.64. The number of nitrogens with one attached hydrogen (secondary N) is 1. The van der Waals surface area contributed by atoms with Gasteiger partial charge in [0.1, 0.15) is 0 Å². The molecule has 0 aliphatic heterocycles. The lowest BCUT2D eigenvalue weighted by molar-refractivity contribution is 0.163. The second kappa shape index (κ2) is 6.23. The number of nitrogens with zero attached hydrogens (tertiary/aromatic N) is 2. The van der Waals surface area contributed by atoms with Gasteiger partial charge in [0.2, 0.25) is 5.95 Å². The summed E-state index contributed by atoms with van der Waals surface area (Å²) in [6.07, 6.45) is 7.60. The minimum absolute atomic E-state index is 0.322. The molecular weight excluding hydrogens is 226 g/mol. The van der Waals surface area contributed by atoms with E-state index in [0.29, 0.717) is 12.6 Å². The third-order valence-corrected chi connectivity index (χ3v) is 3.76. The number of aromatic nitrogens is 2. The molecule has 1 aromatic heterocycles. The maximum absolute atomic E-state index is 5.22. The Morgan fingerprint density at radius 3 is 2.89 bits per heavy atom. The van der Waals surface area contributed by atoms with Crippen LogP contribution in [0.4, 0.5) is 5.95 Å². The molecule has 1 aliphatic rings. The van der Waals surface area contributed by atoms with Gasteiger partial charge in [-0.25, -0.2) is 4.98 Å². The van der Waals surface area contributed by atoms with Crippen molar-refractivity contribution in [1.29, 1.82) is 0 Å². The van der Waals surface area contributed by atoms with Crippen molar-refractivity contribution in [2.75, 3.05) is 25.6 Å². The standard InChI is InChI=1S/C14H25N3O/c1-11-9-17(12(2)10-18-3)14(16-11)15-8-13-6-4-5-7-13/h9,12-13H,4-8,10H2,1-3H3,(H,15,16). The van der Waals surface area contributed by atoms with Crippen LogP contribution in [0.2, 0.25) is 0 Å². The summed E-state index contributed by atoms with van der Waals surface area (Å²) in [5, 5.41) is 3.51. The van der Waals surface area contributed by atoms with Crippen LogP contribution in [0.15, 0.2) is 6.20 Å². The summed E-state index contributed by atoms with van der Waals surface area (Å²) in [7, 11) is 1.74. The Hall–Kier alpha value is -1.03. The van der Waals surface area contributed by atoms with Gasteiger partial charge in [-0.05, 0) is 32.6 Å². The van der Waals surface area contributed by atoms with E-state index in [9.17, 15) is 0 Å². The summed E-state index contributed by atoms with van der Waals surface area (Å²) in [5.74, 6) is 1.82. The molecule has 102 valence electrons. The van der Waals surface area contributed by atoms with Gasteiger partial charge in [-0.3, -0.25) is 0 Å². The molecule has 1 fully saturated rings. The van der Waals surface area contributed by atoms with E-state index in [1.54, 1.807) is 7.11 Å². The van der Waals surface area contributed by atoms with Crippen molar-refractivity contribution in [2.24, 2.45) is 5.92 Å². The Morgan fingerprint density at radius 1 is 1.50 bits per heavy atom. The molecule has 0 aromatic carbocycles. The van der Waals surface area contributed by atoms with Crippen molar-refractivity contribution < 1.29 is 4.74 Å². The van der Waals surface area contributed by atoms with Crippen LogP contribution in [-0.4, -0.2) is 29.8 Å². The molecule has 0 bridgehead atoms. The van der Waals surface area contributed by atoms with E-state index in [1.807, 2.05) is 6.92 Å². The summed E-state index contributed by atoms with van der Waals surface area (Å²) in [6, 6.07) is 0.322. The fourth-order valence-electron chi connectivity index (χ4n) is 2.75. The molecule has 4 heteroatoms. The van der Waals surface area contributed by atoms with Crippen LogP contribution in [0.25, 0.3) is 0 Å². The molecule has 0 saturated heterocycles. The third-order valence-electron chi connectivity index (χ3n) is 3.76. The average molecular weight is 251 g/mol. The minimum atomic E-state index is 0.322. The fourth-order valence-corrected chi connectivity index (χ4v) is 2.75. The van der Waals surface area contributed by atoms with Gasteiger partial charge in [0.05, 0.1) is 18.3 Å². The molecule has 2 rings (SSSR count). The number of ether oxygens (including phenoxy) is 1. The van der Waals surface area contributed by atoms with Gasteiger partial charge in [0, 0.05) is 19.9 Å². The molecule has 0 amide bonds. The highest BCUT2D eigenvalue weighted by Crippen LogP contribution is 2.25. The number of anilines is 1. The molecule has 1 unspecified atom stereocenters. The second-order valence-electron chi connectivity index (χ2n) is 5.45. The number of aryl methyl sites for hydroxylation is 1. The van der Waals surface area contributed by atoms with Crippen molar-refractivity contribution in [2.45, 2.75) is 45.6 Å². The first-order chi connectivity index (χ1) is 8.70. The zero-order valence-corrected chi connectivity index (χ0v) is 11.8. The van der Waals surface area contributed by atoms with E-state index < -0.39 is 0 Å². The predicted molar refractivity (Wildman–Crippen MR) is 74.0 cm³/mol. The van der Waals surface area contributed by atoms with Gasteiger partial charge in [0.15, 0.2) is 0 Å². The van der Waals surface area contributed by atoms with Gasteiger partial charge in [-0.15, -0.1) is 0 Å². The number of hydrogen-bond donors (Lipinski definition) is 1. The molecular formula is C14H25N3O. The molecule has 1 aliphatic carbocycles. The van der Waals surface area contributed by atoms with Crippen LogP contribution in [0, 0.1) is 12.8 Å². The van der Waals surface area contributed by atoms with Gasteiger partial charge in [-0.1, -0.05) is 12.8 Å². The normalized spacial score (nSPS) is 18.2. The monoisotopic (exact) mass is 251 g/mol. The van der Waals surface area contributed by atoms with Crippen LogP contribution in [0.3, 0.4) is 0 Å². The fraction of sp³-hybridized carbons (Fsp3) is 0.786. The van der Waals surface area contributed by atoms with E-state index in [-0.39, 0.29) is 0 Å². The van der Waals surface area contributed by atoms with Crippen LogP contribution in [-0.2, 0) is 4.74 Å². The van der Waals surface area contributed by atoms with E-state index >= 15 is 0 Å². The van der Waals surface area contributed by atoms with Crippen LogP contribution < -0.4 is 5.32 Å². The molecule has 1 heterocycles. The largest absolute Gasteiger partial charge is 0.383 e. The van der Waals surface area contributed by atoms with Crippen molar-refractivity contribution in [3.05, 3.63) is 11.9 Å². The maximum atomic E-state index is 5.22. The lowest BCUT2D eigenvalue weighted by Crippen LogP contribution is -2.18. The van der Waals surface area contributed by atoms with Crippen LogP contribution in [0.1, 0.15) is 44.3 Å². The molecule has 18 heavy (non-hydrogen) atoms. The SMILES string of the molecule is COCC(C)n1cc(C)nc1NCC1CCCC1. The van der Waals surface area contributed by atoms with Gasteiger partial charge >= 0.3 is 0 Å². The van der Waals surface area contributed by atoms with E-state index in [1.165, 1.54) is 25.7 Å². The highest BCUT2D eigenvalue weighted by atomic mass is 16.5. The number of imidazole rings is 1. The van der Waals surface area contributed by atoms with Crippen LogP contribution >= 0.6 is 0 Å². The molecule has 1 N–H and O–H groups in total. The van der Waals surface area contributed by atoms with Crippen molar-refractivity contribution >= 4 is 5.95 Å². The number of methoxy groups -OCH3 is 1. The first-order valence-electron chi connectivity index (χ1n) is 6.99. The highest BCUT2D eigenvalue weighted by molar-refractivity contribution is 5.29. The molecule has 1 atom stereocenters. The first kappa shape index (κ1) is 13.4. The summed E-state index contributed by atoms with van der Waals surface area (Å²) >= 11 is 0. The quantitative estimate of drug-likeness (QED) is 0.844. The first-order valence-corrected chi connectivity index (χ1v) is 6.99. The zero-order valence-electron chi connectivity index (χ0n) is 11.8. The highest BCUT2D eigenvalue weighted by Gasteiger charge is 2.17. The zero-order chi connectivity index (χ0) is 13.0. The molecule has 0 radical (unpaired) electrons. The van der Waals surface area contributed by atoms with E-state index in [0.717, 1.165) is 24.1 Å². The predicted octanol–water partition coefficient (Wildman–Crippen LogP) is 3.00. The third kappa shape index (κ3) is 3.25. The molecule has 4 nitrogen and oxygen atoms in total. The summed E-state index contributed by atoms with van der Waals surface area (Å²) in [4.78, 5) is 4.57. The minimum Gasteiger partial charge on any atom is -0.383 e. The summed E-state index contributed by atoms with van der Waals surface area (Å²) in [5.41, 5.74) is 1.06. The molecule has 0 spiro atoms. The smallest absolute Gasteiger partial charge is 0.203 e. The van der Waals surface area contributed by atoms with Crippen molar-refractivity contribution in [1.82, 2.24) is 9.55 Å². The number of hydrogen-bond acceptors (Lipinski definition) is 3. The van der Waals surface area contributed by atoms with Crippen molar-refractivity contribution in [3.8, 4) is 0 Å². The van der Waals surface area contributed by atoms with Crippen LogP contribution in [0.5, 0.6) is 0 Å². The van der Waals surface area contributed by atoms with E-state index in [2.05, 4.69) is 28.0 Å². The molecule has 1 saturated carbocycles. The van der Waals surface area contributed by atoms with Gasteiger partial charge in [-0.2, -0.15) is 0 Å². The van der Waals surface area contributed by atoms with Gasteiger partial charge in [0.25, 0.3) is 0 Å². The average Bonchev–Trinajstić information content (AvgIpc) is 2.95. The lowest BCUT2D eigenvalue weighted by atomic mass is 10.1. The topological polar surface area (TPSA) is 39.1 Å². The Balaban J connectivity index is 1.97. The Morgan fingerprint density at radius 2 is 2.22 bits per heavy atom. The molecule has 1 aromatic rings.